The van der Waals surface area contributed by atoms with E-state index in [1.165, 1.54) is 0 Å². The molecule has 2 aromatic rings. The van der Waals surface area contributed by atoms with Gasteiger partial charge in [0, 0.05) is 26.0 Å². The Morgan fingerprint density at radius 1 is 1.33 bits per heavy atom. The van der Waals surface area contributed by atoms with Crippen LogP contribution in [0.1, 0.15) is 24.2 Å². The van der Waals surface area contributed by atoms with Gasteiger partial charge >= 0.3 is 0 Å². The second kappa shape index (κ2) is 5.11. The Kier molecular flexibility index (Phi) is 3.66. The van der Waals surface area contributed by atoms with Crippen molar-refractivity contribution in [2.45, 2.75) is 19.4 Å². The standard InChI is InChI=1S/C15H16Br2N2O2/c1-8(2)15(21)6-19(7-15)14(20)10-5-18-13-4-12(17)11(16)3-9(10)13/h3-5,8,18,21H,6-7H2,1-2H3. The molecule has 2 heterocycles. The summed E-state index contributed by atoms with van der Waals surface area (Å²) < 4.78 is 1.85. The van der Waals surface area contributed by atoms with Crippen LogP contribution in [0.3, 0.4) is 0 Å². The predicted octanol–water partition coefficient (Wildman–Crippen LogP) is 3.54. The summed E-state index contributed by atoms with van der Waals surface area (Å²) in [4.78, 5) is 17.4. The molecule has 1 saturated heterocycles. The monoisotopic (exact) mass is 414 g/mol. The summed E-state index contributed by atoms with van der Waals surface area (Å²) in [5.41, 5.74) is 0.808. The van der Waals surface area contributed by atoms with Gasteiger partial charge in [-0.05, 0) is 49.9 Å². The average molecular weight is 416 g/mol. The van der Waals surface area contributed by atoms with E-state index in [1.54, 1.807) is 11.1 Å². The number of aromatic nitrogens is 1. The quantitative estimate of drug-likeness (QED) is 0.788. The minimum absolute atomic E-state index is 0.0409. The van der Waals surface area contributed by atoms with Crippen molar-refractivity contribution in [2.24, 2.45) is 5.92 Å². The molecule has 0 saturated carbocycles. The Balaban J connectivity index is 1.89. The predicted molar refractivity (Wildman–Crippen MR) is 89.4 cm³/mol. The fourth-order valence-corrected chi connectivity index (χ4v) is 3.27. The fourth-order valence-electron chi connectivity index (χ4n) is 2.59. The smallest absolute Gasteiger partial charge is 0.256 e. The van der Waals surface area contributed by atoms with Crippen molar-refractivity contribution >= 4 is 48.7 Å². The lowest BCUT2D eigenvalue weighted by molar-refractivity contribution is -0.110. The van der Waals surface area contributed by atoms with E-state index in [0.717, 1.165) is 19.8 Å². The van der Waals surface area contributed by atoms with Crippen LogP contribution in [0.2, 0.25) is 0 Å². The number of likely N-dealkylation sites (tertiary alicyclic amines) is 1. The number of aliphatic hydroxyl groups is 1. The average Bonchev–Trinajstić information content (AvgIpc) is 2.77. The number of hydrogen-bond donors (Lipinski definition) is 2. The minimum atomic E-state index is -0.745. The molecule has 1 fully saturated rings. The number of nitrogens with zero attached hydrogens (tertiary/aromatic N) is 1. The molecule has 0 bridgehead atoms. The van der Waals surface area contributed by atoms with Gasteiger partial charge in [-0.25, -0.2) is 0 Å². The molecule has 0 radical (unpaired) electrons. The lowest BCUT2D eigenvalue weighted by Gasteiger charge is -2.49. The van der Waals surface area contributed by atoms with E-state index < -0.39 is 5.60 Å². The van der Waals surface area contributed by atoms with Crippen molar-refractivity contribution in [1.29, 1.82) is 0 Å². The fraction of sp³-hybridized carbons (Fsp3) is 0.400. The molecule has 1 aliphatic heterocycles. The lowest BCUT2D eigenvalue weighted by Crippen LogP contribution is -2.65. The molecule has 1 aliphatic rings. The molecule has 6 heteroatoms. The third-order valence-electron chi connectivity index (χ3n) is 4.24. The number of β-amino-alcohol motifs (C(OH)–C–C–N with tert-alkyl or cyclic N) is 1. The number of benzene rings is 1. The Morgan fingerprint density at radius 3 is 2.57 bits per heavy atom. The summed E-state index contributed by atoms with van der Waals surface area (Å²) >= 11 is 6.92. The molecule has 112 valence electrons. The molecule has 21 heavy (non-hydrogen) atoms. The van der Waals surface area contributed by atoms with Gasteiger partial charge in [-0.2, -0.15) is 0 Å². The van der Waals surface area contributed by atoms with Gasteiger partial charge in [-0.1, -0.05) is 13.8 Å². The second-order valence-corrected chi connectivity index (χ2v) is 7.64. The molecule has 0 aliphatic carbocycles. The van der Waals surface area contributed by atoms with Crippen LogP contribution in [0.5, 0.6) is 0 Å². The zero-order chi connectivity index (χ0) is 15.4. The molecule has 0 spiro atoms. The van der Waals surface area contributed by atoms with E-state index in [0.29, 0.717) is 18.7 Å². The zero-order valence-corrected chi connectivity index (χ0v) is 15.0. The number of H-pyrrole nitrogens is 1. The number of carbonyl (C=O) groups excluding carboxylic acids is 1. The highest BCUT2D eigenvalue weighted by Crippen LogP contribution is 2.33. The molecule has 2 N–H and O–H groups in total. The Hall–Kier alpha value is -0.850. The largest absolute Gasteiger partial charge is 0.386 e. The molecule has 3 rings (SSSR count). The van der Waals surface area contributed by atoms with E-state index in [4.69, 9.17) is 0 Å². The van der Waals surface area contributed by atoms with Crippen molar-refractivity contribution in [3.8, 4) is 0 Å². The van der Waals surface area contributed by atoms with E-state index >= 15 is 0 Å². The van der Waals surface area contributed by atoms with Crippen LogP contribution >= 0.6 is 31.9 Å². The summed E-state index contributed by atoms with van der Waals surface area (Å²) in [6.45, 7) is 4.74. The highest BCUT2D eigenvalue weighted by atomic mass is 79.9. The minimum Gasteiger partial charge on any atom is -0.386 e. The number of nitrogens with one attached hydrogen (secondary N) is 1. The molecule has 1 aromatic carbocycles. The normalized spacial score (nSPS) is 17.3. The van der Waals surface area contributed by atoms with Crippen molar-refractivity contribution in [3.05, 3.63) is 32.8 Å². The maximum Gasteiger partial charge on any atom is 0.256 e. The Labute approximate surface area is 139 Å². The summed E-state index contributed by atoms with van der Waals surface area (Å²) in [5, 5.41) is 11.2. The molecule has 1 amide bonds. The number of aromatic amines is 1. The number of hydrogen-bond acceptors (Lipinski definition) is 2. The first-order valence-electron chi connectivity index (χ1n) is 6.79. The van der Waals surface area contributed by atoms with Crippen LogP contribution in [-0.2, 0) is 0 Å². The van der Waals surface area contributed by atoms with Crippen molar-refractivity contribution in [1.82, 2.24) is 9.88 Å². The SMILES string of the molecule is CC(C)C1(O)CN(C(=O)c2c[nH]c3cc(Br)c(Br)cc23)C1. The van der Waals surface area contributed by atoms with Gasteiger partial charge in [-0.15, -0.1) is 0 Å². The van der Waals surface area contributed by atoms with Crippen LogP contribution < -0.4 is 0 Å². The summed E-state index contributed by atoms with van der Waals surface area (Å²) in [6, 6.07) is 3.87. The van der Waals surface area contributed by atoms with E-state index in [1.807, 2.05) is 26.0 Å². The first-order chi connectivity index (χ1) is 9.82. The lowest BCUT2D eigenvalue weighted by atomic mass is 9.82. The molecule has 1 aromatic heterocycles. The number of fused-ring (bicyclic) bond motifs is 1. The van der Waals surface area contributed by atoms with Crippen molar-refractivity contribution in [2.75, 3.05) is 13.1 Å². The van der Waals surface area contributed by atoms with Crippen LogP contribution in [0.15, 0.2) is 27.3 Å². The van der Waals surface area contributed by atoms with Crippen LogP contribution in [-0.4, -0.2) is 39.6 Å². The van der Waals surface area contributed by atoms with Gasteiger partial charge in [0.1, 0.15) is 5.60 Å². The summed E-state index contributed by atoms with van der Waals surface area (Å²) in [7, 11) is 0. The molecule has 0 atom stereocenters. The van der Waals surface area contributed by atoms with Gasteiger partial charge < -0.3 is 15.0 Å². The second-order valence-electron chi connectivity index (χ2n) is 5.93. The van der Waals surface area contributed by atoms with Gasteiger partial charge in [-0.3, -0.25) is 4.79 Å². The highest BCUT2D eigenvalue weighted by Gasteiger charge is 2.46. The van der Waals surface area contributed by atoms with E-state index in [9.17, 15) is 9.90 Å². The zero-order valence-electron chi connectivity index (χ0n) is 11.8. The van der Waals surface area contributed by atoms with Gasteiger partial charge in [0.25, 0.3) is 5.91 Å². The van der Waals surface area contributed by atoms with Crippen LogP contribution in [0, 0.1) is 5.92 Å². The Morgan fingerprint density at radius 2 is 1.95 bits per heavy atom. The van der Waals surface area contributed by atoms with Gasteiger partial charge in [0.15, 0.2) is 0 Å². The first-order valence-corrected chi connectivity index (χ1v) is 8.38. The number of halogens is 2. The number of rotatable bonds is 2. The topological polar surface area (TPSA) is 56.3 Å². The van der Waals surface area contributed by atoms with Crippen molar-refractivity contribution < 1.29 is 9.90 Å². The summed E-state index contributed by atoms with van der Waals surface area (Å²) in [6.07, 6.45) is 1.73. The first kappa shape index (κ1) is 15.1. The van der Waals surface area contributed by atoms with Crippen LogP contribution in [0.4, 0.5) is 0 Å². The van der Waals surface area contributed by atoms with Crippen LogP contribution in [0.25, 0.3) is 10.9 Å². The number of amides is 1. The third kappa shape index (κ3) is 2.43. The molecule has 4 nitrogen and oxygen atoms in total. The molecular weight excluding hydrogens is 400 g/mol. The van der Waals surface area contributed by atoms with Gasteiger partial charge in [0.05, 0.1) is 18.7 Å². The molecule has 0 unspecified atom stereocenters. The maximum atomic E-state index is 12.6. The van der Waals surface area contributed by atoms with Gasteiger partial charge in [0.2, 0.25) is 0 Å². The van der Waals surface area contributed by atoms with E-state index in [-0.39, 0.29) is 11.8 Å². The Bertz CT molecular complexity index is 718. The maximum absolute atomic E-state index is 12.6. The third-order valence-corrected chi connectivity index (χ3v) is 6.09. The summed E-state index contributed by atoms with van der Waals surface area (Å²) in [5.74, 6) is 0.107. The number of carbonyl (C=O) groups is 1. The van der Waals surface area contributed by atoms with E-state index in [2.05, 4.69) is 36.8 Å². The highest BCUT2D eigenvalue weighted by molar-refractivity contribution is 9.13. The molecular formula is C15H16Br2N2O2. The van der Waals surface area contributed by atoms with Crippen molar-refractivity contribution in [3.63, 3.8) is 0 Å².